The van der Waals surface area contributed by atoms with E-state index in [1.54, 1.807) is 6.92 Å². The van der Waals surface area contributed by atoms with E-state index in [9.17, 15) is 9.18 Å². The third kappa shape index (κ3) is 2.67. The van der Waals surface area contributed by atoms with Crippen molar-refractivity contribution in [3.8, 4) is 0 Å². The van der Waals surface area contributed by atoms with Gasteiger partial charge in [-0.2, -0.15) is 0 Å². The highest BCUT2D eigenvalue weighted by Gasteiger charge is 2.18. The van der Waals surface area contributed by atoms with E-state index in [1.165, 1.54) is 12.1 Å². The average molecular weight is 232 g/mol. The third-order valence-corrected chi connectivity index (χ3v) is 2.47. The van der Waals surface area contributed by atoms with E-state index in [0.717, 1.165) is 0 Å². The van der Waals surface area contributed by atoms with Crippen LogP contribution in [0.25, 0.3) is 0 Å². The minimum atomic E-state index is -1.17. The monoisotopic (exact) mass is 231 g/mol. The second kappa shape index (κ2) is 4.59. The van der Waals surface area contributed by atoms with Crippen LogP contribution in [0.3, 0.4) is 0 Å². The van der Waals surface area contributed by atoms with Gasteiger partial charge in [0.15, 0.2) is 0 Å². The molecule has 0 aliphatic carbocycles. The van der Waals surface area contributed by atoms with Gasteiger partial charge in [-0.15, -0.1) is 0 Å². The molecule has 1 rings (SSSR count). The zero-order valence-corrected chi connectivity index (χ0v) is 8.88. The van der Waals surface area contributed by atoms with Gasteiger partial charge in [-0.05, 0) is 18.6 Å². The topological polar surface area (TPSA) is 63.3 Å². The van der Waals surface area contributed by atoms with Gasteiger partial charge in [0, 0.05) is 17.0 Å². The van der Waals surface area contributed by atoms with Crippen LogP contribution in [-0.2, 0) is 11.2 Å². The van der Waals surface area contributed by atoms with Gasteiger partial charge in [0.1, 0.15) is 11.9 Å². The average Bonchev–Trinajstić information content (AvgIpc) is 2.18. The Kier molecular flexibility index (Phi) is 3.66. The molecule has 0 aromatic heterocycles. The number of carboxylic acid groups (broad SMARTS) is 1. The molecule has 0 saturated carbocycles. The zero-order valence-electron chi connectivity index (χ0n) is 8.13. The van der Waals surface area contributed by atoms with Gasteiger partial charge in [0.25, 0.3) is 0 Å². The lowest BCUT2D eigenvalue weighted by Gasteiger charge is -2.10. The molecule has 0 amide bonds. The van der Waals surface area contributed by atoms with E-state index in [2.05, 4.69) is 0 Å². The van der Waals surface area contributed by atoms with Crippen LogP contribution in [0.4, 0.5) is 4.39 Å². The first kappa shape index (κ1) is 11.9. The van der Waals surface area contributed by atoms with E-state index >= 15 is 0 Å². The molecule has 3 nitrogen and oxygen atoms in total. The number of rotatable bonds is 3. The number of carbonyl (C=O) groups is 1. The quantitative estimate of drug-likeness (QED) is 0.833. The summed E-state index contributed by atoms with van der Waals surface area (Å²) in [4.78, 5) is 10.5. The van der Waals surface area contributed by atoms with E-state index < -0.39 is 17.8 Å². The van der Waals surface area contributed by atoms with Crippen LogP contribution in [0.15, 0.2) is 12.1 Å². The fourth-order valence-corrected chi connectivity index (χ4v) is 1.43. The zero-order chi connectivity index (χ0) is 11.6. The highest BCUT2D eigenvalue weighted by molar-refractivity contribution is 6.31. The van der Waals surface area contributed by atoms with Gasteiger partial charge >= 0.3 is 5.97 Å². The van der Waals surface area contributed by atoms with Gasteiger partial charge < -0.3 is 10.8 Å². The molecular formula is C10H11ClFNO2. The molecule has 0 fully saturated rings. The van der Waals surface area contributed by atoms with E-state index in [0.29, 0.717) is 5.56 Å². The Bertz CT molecular complexity index is 395. The fraction of sp³-hybridized carbons (Fsp3) is 0.300. The summed E-state index contributed by atoms with van der Waals surface area (Å²) in [7, 11) is 0. The predicted molar refractivity (Wildman–Crippen MR) is 55.5 cm³/mol. The van der Waals surface area contributed by atoms with Gasteiger partial charge in [-0.3, -0.25) is 4.79 Å². The highest BCUT2D eigenvalue weighted by atomic mass is 35.5. The number of aliphatic carboxylic acids is 1. The Balaban J connectivity index is 3.03. The molecule has 1 aromatic rings. The van der Waals surface area contributed by atoms with Crippen molar-refractivity contribution in [3.05, 3.63) is 34.1 Å². The molecule has 1 atom stereocenters. The summed E-state index contributed by atoms with van der Waals surface area (Å²) in [5, 5.41) is 8.81. The lowest BCUT2D eigenvalue weighted by molar-refractivity contribution is -0.138. The minimum absolute atomic E-state index is 0.109. The maximum atomic E-state index is 13.6. The van der Waals surface area contributed by atoms with Crippen molar-refractivity contribution >= 4 is 17.6 Å². The van der Waals surface area contributed by atoms with E-state index in [4.69, 9.17) is 22.4 Å². The Morgan fingerprint density at radius 1 is 1.67 bits per heavy atom. The molecule has 82 valence electrons. The molecule has 0 saturated heterocycles. The second-order valence-electron chi connectivity index (χ2n) is 3.31. The van der Waals surface area contributed by atoms with E-state index in [1.807, 2.05) is 0 Å². The van der Waals surface area contributed by atoms with Crippen molar-refractivity contribution < 1.29 is 14.3 Å². The number of nitrogens with two attached hydrogens (primary N) is 1. The Morgan fingerprint density at radius 3 is 2.80 bits per heavy atom. The molecule has 0 aliphatic heterocycles. The van der Waals surface area contributed by atoms with Crippen molar-refractivity contribution in [2.24, 2.45) is 5.73 Å². The summed E-state index contributed by atoms with van der Waals surface area (Å²) in [6.07, 6.45) is -0.109. The summed E-state index contributed by atoms with van der Waals surface area (Å²) >= 11 is 5.76. The van der Waals surface area contributed by atoms with Crippen molar-refractivity contribution in [2.75, 3.05) is 0 Å². The summed E-state index contributed by atoms with van der Waals surface area (Å²) in [6.45, 7) is 1.58. The fourth-order valence-electron chi connectivity index (χ4n) is 1.21. The smallest absolute Gasteiger partial charge is 0.320 e. The summed E-state index contributed by atoms with van der Waals surface area (Å²) in [5.41, 5.74) is 5.89. The molecule has 0 heterocycles. The predicted octanol–water partition coefficient (Wildman–Crippen LogP) is 1.74. The maximum absolute atomic E-state index is 13.6. The normalized spacial score (nSPS) is 12.5. The number of halogens is 2. The van der Waals surface area contributed by atoms with Crippen molar-refractivity contribution in [2.45, 2.75) is 19.4 Å². The second-order valence-corrected chi connectivity index (χ2v) is 3.71. The van der Waals surface area contributed by atoms with Crippen LogP contribution >= 0.6 is 11.6 Å². The molecule has 15 heavy (non-hydrogen) atoms. The van der Waals surface area contributed by atoms with Crippen molar-refractivity contribution in [3.63, 3.8) is 0 Å². The number of carboxylic acids is 1. The molecule has 1 aromatic carbocycles. The Hall–Kier alpha value is -1.13. The standard InChI is InChI=1S/C10H11ClFNO2/c1-5-2-3-7(11)6(9(5)12)4-8(13)10(14)15/h2-3,8H,4,13H2,1H3,(H,14,15)/t8-/m0/s1. The molecular weight excluding hydrogens is 221 g/mol. The first-order valence-corrected chi connectivity index (χ1v) is 4.73. The molecule has 0 bridgehead atoms. The Labute approximate surface area is 91.7 Å². The molecule has 0 radical (unpaired) electrons. The largest absolute Gasteiger partial charge is 0.480 e. The summed E-state index contributed by atoms with van der Waals surface area (Å²) in [6, 6.07) is 1.93. The van der Waals surface area contributed by atoms with Gasteiger partial charge in [0.2, 0.25) is 0 Å². The lowest BCUT2D eigenvalue weighted by atomic mass is 10.0. The van der Waals surface area contributed by atoms with Gasteiger partial charge in [-0.1, -0.05) is 17.7 Å². The van der Waals surface area contributed by atoms with Crippen LogP contribution in [0, 0.1) is 12.7 Å². The van der Waals surface area contributed by atoms with Gasteiger partial charge in [-0.25, -0.2) is 4.39 Å². The molecule has 5 heteroatoms. The number of hydrogen-bond donors (Lipinski definition) is 2. The molecule has 3 N–H and O–H groups in total. The lowest BCUT2D eigenvalue weighted by Crippen LogP contribution is -2.32. The van der Waals surface area contributed by atoms with Crippen LogP contribution < -0.4 is 5.73 Å². The number of benzene rings is 1. The highest BCUT2D eigenvalue weighted by Crippen LogP contribution is 2.23. The van der Waals surface area contributed by atoms with Crippen LogP contribution in [-0.4, -0.2) is 17.1 Å². The van der Waals surface area contributed by atoms with Crippen LogP contribution in [0.2, 0.25) is 5.02 Å². The Morgan fingerprint density at radius 2 is 2.27 bits per heavy atom. The molecule has 0 aliphatic rings. The van der Waals surface area contributed by atoms with Gasteiger partial charge in [0.05, 0.1) is 0 Å². The molecule has 0 spiro atoms. The first-order chi connectivity index (χ1) is 6.93. The SMILES string of the molecule is Cc1ccc(Cl)c(C[C@H](N)C(=O)O)c1F. The van der Waals surface area contributed by atoms with Crippen LogP contribution in [0.5, 0.6) is 0 Å². The number of aryl methyl sites for hydroxylation is 1. The van der Waals surface area contributed by atoms with E-state index in [-0.39, 0.29) is 17.0 Å². The van der Waals surface area contributed by atoms with Crippen molar-refractivity contribution in [1.82, 2.24) is 0 Å². The summed E-state index contributed by atoms with van der Waals surface area (Å²) < 4.78 is 13.6. The third-order valence-electron chi connectivity index (χ3n) is 2.12. The summed E-state index contributed by atoms with van der Waals surface area (Å²) in [5.74, 6) is -1.66. The number of hydrogen-bond acceptors (Lipinski definition) is 2. The minimum Gasteiger partial charge on any atom is -0.480 e. The van der Waals surface area contributed by atoms with Crippen LogP contribution in [0.1, 0.15) is 11.1 Å². The molecule has 0 unspecified atom stereocenters. The first-order valence-electron chi connectivity index (χ1n) is 4.35. The maximum Gasteiger partial charge on any atom is 0.320 e. The van der Waals surface area contributed by atoms with Crippen molar-refractivity contribution in [1.29, 1.82) is 0 Å².